The topological polar surface area (TPSA) is 33.1 Å². The minimum atomic E-state index is -0.878. The SMILES string of the molecule is C=C(C)[C@@]1(O)CCc2cccnc21. The molecule has 0 radical (unpaired) electrons. The Balaban J connectivity index is 2.55. The zero-order chi connectivity index (χ0) is 9.47. The van der Waals surface area contributed by atoms with Gasteiger partial charge in [0.25, 0.3) is 0 Å². The molecule has 0 spiro atoms. The Morgan fingerprint density at radius 2 is 2.46 bits per heavy atom. The van der Waals surface area contributed by atoms with Crippen LogP contribution < -0.4 is 0 Å². The molecule has 1 atom stereocenters. The lowest BCUT2D eigenvalue weighted by atomic mass is 9.93. The van der Waals surface area contributed by atoms with Crippen molar-refractivity contribution in [2.45, 2.75) is 25.4 Å². The van der Waals surface area contributed by atoms with Crippen molar-refractivity contribution in [1.82, 2.24) is 4.98 Å². The third kappa shape index (κ3) is 1.10. The lowest BCUT2D eigenvalue weighted by Gasteiger charge is -2.22. The minimum absolute atomic E-state index is 0.717. The standard InChI is InChI=1S/C11H13NO/c1-8(2)11(13)6-5-9-4-3-7-12-10(9)11/h3-4,7,13H,1,5-6H2,2H3/t11-/m0/s1. The Kier molecular flexibility index (Phi) is 1.74. The number of aliphatic hydroxyl groups is 1. The highest BCUT2D eigenvalue weighted by Crippen LogP contribution is 2.39. The Morgan fingerprint density at radius 1 is 1.69 bits per heavy atom. The maximum Gasteiger partial charge on any atom is 0.127 e. The highest BCUT2D eigenvalue weighted by molar-refractivity contribution is 5.37. The normalized spacial score (nSPS) is 25.7. The largest absolute Gasteiger partial charge is 0.379 e. The van der Waals surface area contributed by atoms with E-state index >= 15 is 0 Å². The summed E-state index contributed by atoms with van der Waals surface area (Å²) in [7, 11) is 0. The maximum absolute atomic E-state index is 10.3. The molecular weight excluding hydrogens is 162 g/mol. The van der Waals surface area contributed by atoms with Crippen LogP contribution in [0.1, 0.15) is 24.6 Å². The van der Waals surface area contributed by atoms with Crippen LogP contribution in [0.25, 0.3) is 0 Å². The van der Waals surface area contributed by atoms with E-state index in [-0.39, 0.29) is 0 Å². The quantitative estimate of drug-likeness (QED) is 0.660. The summed E-state index contributed by atoms with van der Waals surface area (Å²) >= 11 is 0. The van der Waals surface area contributed by atoms with Crippen LogP contribution in [0.5, 0.6) is 0 Å². The van der Waals surface area contributed by atoms with E-state index in [0.717, 1.165) is 23.3 Å². The first kappa shape index (κ1) is 8.45. The van der Waals surface area contributed by atoms with Gasteiger partial charge in [-0.3, -0.25) is 4.98 Å². The second-order valence-electron chi connectivity index (χ2n) is 3.65. The number of hydrogen-bond acceptors (Lipinski definition) is 2. The van der Waals surface area contributed by atoms with E-state index in [1.54, 1.807) is 6.20 Å². The van der Waals surface area contributed by atoms with E-state index in [1.165, 1.54) is 0 Å². The first-order valence-corrected chi connectivity index (χ1v) is 4.47. The molecule has 1 heterocycles. The number of pyridine rings is 1. The zero-order valence-electron chi connectivity index (χ0n) is 7.75. The molecule has 2 nitrogen and oxygen atoms in total. The molecule has 1 aromatic heterocycles. The summed E-state index contributed by atoms with van der Waals surface area (Å²) in [4.78, 5) is 4.22. The third-order valence-electron chi connectivity index (χ3n) is 2.75. The molecule has 13 heavy (non-hydrogen) atoms. The number of nitrogens with zero attached hydrogens (tertiary/aromatic N) is 1. The van der Waals surface area contributed by atoms with Crippen molar-refractivity contribution >= 4 is 0 Å². The molecule has 1 aliphatic rings. The maximum atomic E-state index is 10.3. The van der Waals surface area contributed by atoms with Gasteiger partial charge in [-0.1, -0.05) is 12.6 Å². The molecular formula is C11H13NO. The second kappa shape index (κ2) is 2.67. The summed E-state index contributed by atoms with van der Waals surface area (Å²) in [5.74, 6) is 0. The molecule has 0 saturated carbocycles. The van der Waals surface area contributed by atoms with E-state index in [4.69, 9.17) is 0 Å². The summed E-state index contributed by atoms with van der Waals surface area (Å²) < 4.78 is 0. The van der Waals surface area contributed by atoms with Crippen LogP contribution in [0.4, 0.5) is 0 Å². The minimum Gasteiger partial charge on any atom is -0.379 e. The van der Waals surface area contributed by atoms with Gasteiger partial charge in [-0.05, 0) is 37.0 Å². The zero-order valence-corrected chi connectivity index (χ0v) is 7.75. The van der Waals surface area contributed by atoms with E-state index in [9.17, 15) is 5.11 Å². The highest BCUT2D eigenvalue weighted by Gasteiger charge is 2.38. The molecule has 0 bridgehead atoms. The predicted octanol–water partition coefficient (Wildman–Crippen LogP) is 1.79. The molecule has 0 unspecified atom stereocenters. The average Bonchev–Trinajstić information content (AvgIpc) is 2.47. The fourth-order valence-electron chi connectivity index (χ4n) is 1.86. The van der Waals surface area contributed by atoms with E-state index < -0.39 is 5.60 Å². The molecule has 1 N–H and O–H groups in total. The van der Waals surface area contributed by atoms with E-state index in [2.05, 4.69) is 11.6 Å². The average molecular weight is 175 g/mol. The van der Waals surface area contributed by atoms with Gasteiger partial charge >= 0.3 is 0 Å². The molecule has 0 aromatic carbocycles. The monoisotopic (exact) mass is 175 g/mol. The fraction of sp³-hybridized carbons (Fsp3) is 0.364. The van der Waals surface area contributed by atoms with Crippen molar-refractivity contribution in [2.24, 2.45) is 0 Å². The van der Waals surface area contributed by atoms with Gasteiger partial charge < -0.3 is 5.11 Å². The van der Waals surface area contributed by atoms with Crippen LogP contribution >= 0.6 is 0 Å². The number of aryl methyl sites for hydroxylation is 1. The molecule has 2 rings (SSSR count). The lowest BCUT2D eigenvalue weighted by Crippen LogP contribution is -2.24. The Labute approximate surface area is 77.9 Å². The number of rotatable bonds is 1. The third-order valence-corrected chi connectivity index (χ3v) is 2.75. The van der Waals surface area contributed by atoms with Crippen molar-refractivity contribution in [1.29, 1.82) is 0 Å². The van der Waals surface area contributed by atoms with Gasteiger partial charge in [-0.2, -0.15) is 0 Å². The Hall–Kier alpha value is -1.15. The van der Waals surface area contributed by atoms with Crippen LogP contribution in [0.2, 0.25) is 0 Å². The lowest BCUT2D eigenvalue weighted by molar-refractivity contribution is 0.0747. The molecule has 1 aromatic rings. The van der Waals surface area contributed by atoms with Crippen molar-refractivity contribution in [3.63, 3.8) is 0 Å². The summed E-state index contributed by atoms with van der Waals surface area (Å²) in [6.45, 7) is 5.67. The van der Waals surface area contributed by atoms with Gasteiger partial charge in [0.2, 0.25) is 0 Å². The fourth-order valence-corrected chi connectivity index (χ4v) is 1.86. The van der Waals surface area contributed by atoms with Crippen molar-refractivity contribution in [3.8, 4) is 0 Å². The Morgan fingerprint density at radius 3 is 3.15 bits per heavy atom. The number of aromatic nitrogens is 1. The molecule has 2 heteroatoms. The van der Waals surface area contributed by atoms with Gasteiger partial charge in [0.1, 0.15) is 5.60 Å². The molecule has 0 aliphatic heterocycles. The van der Waals surface area contributed by atoms with Crippen molar-refractivity contribution in [2.75, 3.05) is 0 Å². The molecule has 0 amide bonds. The van der Waals surface area contributed by atoms with E-state index in [0.29, 0.717) is 6.42 Å². The summed E-state index contributed by atoms with van der Waals surface area (Å²) in [5.41, 5.74) is 1.84. The van der Waals surface area contributed by atoms with Gasteiger partial charge in [-0.25, -0.2) is 0 Å². The van der Waals surface area contributed by atoms with Crippen LogP contribution in [0.15, 0.2) is 30.5 Å². The smallest absolute Gasteiger partial charge is 0.127 e. The second-order valence-corrected chi connectivity index (χ2v) is 3.65. The van der Waals surface area contributed by atoms with Gasteiger partial charge in [0.15, 0.2) is 0 Å². The molecule has 0 saturated heterocycles. The van der Waals surface area contributed by atoms with Crippen LogP contribution in [0, 0.1) is 0 Å². The molecule has 68 valence electrons. The summed E-state index contributed by atoms with van der Waals surface area (Å²) in [6.07, 6.45) is 3.33. The van der Waals surface area contributed by atoms with Crippen molar-refractivity contribution in [3.05, 3.63) is 41.7 Å². The molecule has 0 fully saturated rings. The van der Waals surface area contributed by atoms with Gasteiger partial charge in [0.05, 0.1) is 5.69 Å². The number of hydrogen-bond donors (Lipinski definition) is 1. The highest BCUT2D eigenvalue weighted by atomic mass is 16.3. The van der Waals surface area contributed by atoms with Gasteiger partial charge in [0, 0.05) is 6.20 Å². The van der Waals surface area contributed by atoms with Crippen LogP contribution in [-0.2, 0) is 12.0 Å². The van der Waals surface area contributed by atoms with Crippen molar-refractivity contribution < 1.29 is 5.11 Å². The first-order valence-electron chi connectivity index (χ1n) is 4.47. The van der Waals surface area contributed by atoms with Crippen LogP contribution in [0.3, 0.4) is 0 Å². The Bertz CT molecular complexity index is 359. The summed E-state index contributed by atoms with van der Waals surface area (Å²) in [5, 5.41) is 10.3. The first-order chi connectivity index (χ1) is 6.14. The molecule has 1 aliphatic carbocycles. The summed E-state index contributed by atoms with van der Waals surface area (Å²) in [6, 6.07) is 3.92. The predicted molar refractivity (Wildman–Crippen MR) is 51.3 cm³/mol. The van der Waals surface area contributed by atoms with Gasteiger partial charge in [-0.15, -0.1) is 0 Å². The number of fused-ring (bicyclic) bond motifs is 1. The van der Waals surface area contributed by atoms with E-state index in [1.807, 2.05) is 19.1 Å². The van der Waals surface area contributed by atoms with Crippen LogP contribution in [-0.4, -0.2) is 10.1 Å².